The third-order valence-electron chi connectivity index (χ3n) is 8.57. The SMILES string of the molecule is CCC(/C=c1/cccc2c1=Cc1ccccc1-2)Nc1ccc2ccccc2c1-c1ccccc1-n1[nH]c2ccccc21. The monoisotopic (exact) mass is 541 g/mol. The number of anilines is 1. The minimum Gasteiger partial charge on any atom is -0.378 e. The van der Waals surface area contributed by atoms with E-state index in [0.29, 0.717) is 0 Å². The zero-order chi connectivity index (χ0) is 28.0. The van der Waals surface area contributed by atoms with Crippen molar-refractivity contribution in [2.75, 3.05) is 5.32 Å². The van der Waals surface area contributed by atoms with E-state index < -0.39 is 0 Å². The van der Waals surface area contributed by atoms with Gasteiger partial charge in [-0.3, -0.25) is 9.78 Å². The van der Waals surface area contributed by atoms with Crippen LogP contribution in [0.15, 0.2) is 127 Å². The van der Waals surface area contributed by atoms with E-state index in [2.05, 4.69) is 162 Å². The fraction of sp³-hybridized carbons (Fsp3) is 0.0769. The van der Waals surface area contributed by atoms with Crippen LogP contribution in [0, 0.1) is 0 Å². The maximum atomic E-state index is 3.96. The minimum atomic E-state index is 0.156. The molecule has 7 aromatic rings. The molecule has 3 nitrogen and oxygen atoms in total. The van der Waals surface area contributed by atoms with E-state index in [1.54, 1.807) is 0 Å². The molecule has 1 aliphatic rings. The fourth-order valence-electron chi connectivity index (χ4n) is 6.47. The molecule has 1 unspecified atom stereocenters. The van der Waals surface area contributed by atoms with E-state index in [0.717, 1.165) is 23.3 Å². The zero-order valence-corrected chi connectivity index (χ0v) is 23.5. The summed E-state index contributed by atoms with van der Waals surface area (Å²) >= 11 is 0. The number of para-hydroxylation sites is 3. The van der Waals surface area contributed by atoms with Crippen LogP contribution in [-0.4, -0.2) is 15.8 Å². The average Bonchev–Trinajstić information content (AvgIpc) is 3.41. The van der Waals surface area contributed by atoms with Crippen LogP contribution in [0.2, 0.25) is 0 Å². The predicted octanol–water partition coefficient (Wildman–Crippen LogP) is 8.26. The quantitative estimate of drug-likeness (QED) is 0.218. The number of aromatic amines is 1. The molecule has 0 amide bonds. The lowest BCUT2D eigenvalue weighted by Gasteiger charge is -2.24. The molecule has 42 heavy (non-hydrogen) atoms. The van der Waals surface area contributed by atoms with Gasteiger partial charge in [-0.25, -0.2) is 0 Å². The van der Waals surface area contributed by atoms with Gasteiger partial charge in [-0.05, 0) is 74.7 Å². The molecule has 202 valence electrons. The molecule has 0 radical (unpaired) electrons. The van der Waals surface area contributed by atoms with Crippen molar-refractivity contribution in [3.05, 3.63) is 143 Å². The van der Waals surface area contributed by atoms with E-state index >= 15 is 0 Å². The number of aromatic nitrogens is 2. The fourth-order valence-corrected chi connectivity index (χ4v) is 6.47. The minimum absolute atomic E-state index is 0.156. The van der Waals surface area contributed by atoms with Gasteiger partial charge in [0.15, 0.2) is 0 Å². The summed E-state index contributed by atoms with van der Waals surface area (Å²) in [6.45, 7) is 2.26. The Morgan fingerprint density at radius 2 is 1.48 bits per heavy atom. The lowest BCUT2D eigenvalue weighted by Crippen LogP contribution is -2.29. The molecule has 0 fully saturated rings. The van der Waals surface area contributed by atoms with Crippen LogP contribution in [0.4, 0.5) is 5.69 Å². The Hall–Kier alpha value is -5.28. The topological polar surface area (TPSA) is 32.8 Å². The standard InChI is InChI=1S/C39H31N3/c1-2-29(24-27-14-11-18-32-30-15-5-4-13-28(30)25-34(27)32)40-36-23-22-26-12-3-6-16-31(26)39(36)33-17-7-9-20-37(33)42-38-21-10-8-19-35(38)41-42/h3-25,29,40-41H,2H2,1H3/b27-24-. The number of hydrogen-bond donors (Lipinski definition) is 2. The molecule has 0 spiro atoms. The summed E-state index contributed by atoms with van der Waals surface area (Å²) in [7, 11) is 0. The second kappa shape index (κ2) is 9.97. The molecule has 0 bridgehead atoms. The van der Waals surface area contributed by atoms with Gasteiger partial charge in [0.25, 0.3) is 0 Å². The number of benzene rings is 6. The van der Waals surface area contributed by atoms with Crippen molar-refractivity contribution in [1.82, 2.24) is 9.78 Å². The first-order chi connectivity index (χ1) is 20.8. The molecule has 1 aliphatic carbocycles. The Balaban J connectivity index is 1.27. The highest BCUT2D eigenvalue weighted by Gasteiger charge is 2.18. The number of rotatable bonds is 6. The van der Waals surface area contributed by atoms with Crippen molar-refractivity contribution in [3.8, 4) is 27.9 Å². The van der Waals surface area contributed by atoms with E-state index in [1.165, 1.54) is 54.5 Å². The summed E-state index contributed by atoms with van der Waals surface area (Å²) in [5.74, 6) is 0. The molecule has 0 saturated heterocycles. The van der Waals surface area contributed by atoms with Crippen molar-refractivity contribution in [3.63, 3.8) is 0 Å². The van der Waals surface area contributed by atoms with Crippen molar-refractivity contribution < 1.29 is 0 Å². The maximum Gasteiger partial charge on any atom is 0.0880 e. The van der Waals surface area contributed by atoms with E-state index in [4.69, 9.17) is 0 Å². The Morgan fingerprint density at radius 1 is 0.714 bits per heavy atom. The molecule has 8 rings (SSSR count). The second-order valence-electron chi connectivity index (χ2n) is 11.1. The molecule has 1 heterocycles. The highest BCUT2D eigenvalue weighted by Crippen LogP contribution is 2.40. The number of hydrogen-bond acceptors (Lipinski definition) is 1. The zero-order valence-electron chi connectivity index (χ0n) is 23.5. The summed E-state index contributed by atoms with van der Waals surface area (Å²) in [5.41, 5.74) is 11.0. The molecular formula is C39H31N3. The van der Waals surface area contributed by atoms with E-state index in [-0.39, 0.29) is 6.04 Å². The number of fused-ring (bicyclic) bond motifs is 5. The number of H-pyrrole nitrogens is 1. The smallest absolute Gasteiger partial charge is 0.0880 e. The van der Waals surface area contributed by atoms with Crippen LogP contribution >= 0.6 is 0 Å². The first kappa shape index (κ1) is 24.5. The van der Waals surface area contributed by atoms with Crippen LogP contribution in [0.3, 0.4) is 0 Å². The summed E-state index contributed by atoms with van der Waals surface area (Å²) in [5, 5.41) is 12.6. The lowest BCUT2D eigenvalue weighted by atomic mass is 9.94. The van der Waals surface area contributed by atoms with Gasteiger partial charge in [-0.2, -0.15) is 0 Å². The Labute approximate surface area is 245 Å². The van der Waals surface area contributed by atoms with Crippen molar-refractivity contribution in [2.45, 2.75) is 19.4 Å². The van der Waals surface area contributed by atoms with Gasteiger partial charge in [0.1, 0.15) is 0 Å². The largest absolute Gasteiger partial charge is 0.378 e. The molecule has 0 aliphatic heterocycles. The third kappa shape index (κ3) is 3.97. The Morgan fingerprint density at radius 3 is 2.38 bits per heavy atom. The van der Waals surface area contributed by atoms with Gasteiger partial charge >= 0.3 is 0 Å². The number of nitrogens with one attached hydrogen (secondary N) is 2. The molecule has 0 saturated carbocycles. The second-order valence-corrected chi connectivity index (χ2v) is 11.1. The summed E-state index contributed by atoms with van der Waals surface area (Å²) < 4.78 is 2.19. The van der Waals surface area contributed by atoms with Crippen LogP contribution in [0.1, 0.15) is 18.9 Å². The molecule has 6 aromatic carbocycles. The van der Waals surface area contributed by atoms with Crippen molar-refractivity contribution in [2.24, 2.45) is 0 Å². The molecular weight excluding hydrogens is 510 g/mol. The molecule has 1 atom stereocenters. The Kier molecular flexibility index (Phi) is 5.82. The van der Waals surface area contributed by atoms with Gasteiger partial charge in [0, 0.05) is 22.9 Å². The predicted molar refractivity (Wildman–Crippen MR) is 177 cm³/mol. The van der Waals surface area contributed by atoms with Gasteiger partial charge in [-0.1, -0.05) is 116 Å². The van der Waals surface area contributed by atoms with Gasteiger partial charge < -0.3 is 5.32 Å². The van der Waals surface area contributed by atoms with Crippen LogP contribution in [0.25, 0.3) is 61.9 Å². The Bertz CT molecular complexity index is 2230. The maximum absolute atomic E-state index is 3.96. The van der Waals surface area contributed by atoms with Crippen LogP contribution in [-0.2, 0) is 0 Å². The normalized spacial score (nSPS) is 13.2. The summed E-state index contributed by atoms with van der Waals surface area (Å²) in [6.07, 6.45) is 5.70. The first-order valence-electron chi connectivity index (χ1n) is 14.7. The van der Waals surface area contributed by atoms with E-state index in [1.807, 2.05) is 0 Å². The molecule has 3 heteroatoms. The van der Waals surface area contributed by atoms with Crippen LogP contribution < -0.4 is 15.8 Å². The number of nitrogens with zero attached hydrogens (tertiary/aromatic N) is 1. The van der Waals surface area contributed by atoms with Crippen molar-refractivity contribution in [1.29, 1.82) is 0 Å². The molecule has 2 N–H and O–H groups in total. The van der Waals surface area contributed by atoms with E-state index in [9.17, 15) is 0 Å². The average molecular weight is 542 g/mol. The van der Waals surface area contributed by atoms with Gasteiger partial charge in [-0.15, -0.1) is 0 Å². The molecule has 1 aromatic heterocycles. The summed E-state index contributed by atoms with van der Waals surface area (Å²) in [4.78, 5) is 0. The highest BCUT2D eigenvalue weighted by atomic mass is 15.3. The first-order valence-corrected chi connectivity index (χ1v) is 14.7. The van der Waals surface area contributed by atoms with Gasteiger partial charge in [0.2, 0.25) is 0 Å². The van der Waals surface area contributed by atoms with Crippen molar-refractivity contribution >= 4 is 39.6 Å². The van der Waals surface area contributed by atoms with Crippen LogP contribution in [0.5, 0.6) is 0 Å². The third-order valence-corrected chi connectivity index (χ3v) is 8.57. The van der Waals surface area contributed by atoms with Gasteiger partial charge in [0.05, 0.1) is 16.7 Å². The lowest BCUT2D eigenvalue weighted by molar-refractivity contribution is 0.865. The highest BCUT2D eigenvalue weighted by molar-refractivity contribution is 6.05. The summed E-state index contributed by atoms with van der Waals surface area (Å²) in [6, 6.07) is 45.8.